The first-order chi connectivity index (χ1) is 23.1. The van der Waals surface area contributed by atoms with Gasteiger partial charge in [-0.25, -0.2) is 4.98 Å². The number of aromatic nitrogens is 2. The van der Waals surface area contributed by atoms with E-state index in [0.717, 1.165) is 57.4 Å². The summed E-state index contributed by atoms with van der Waals surface area (Å²) in [5, 5.41) is 1.32. The number of likely N-dealkylation sites (tertiary alicyclic amines) is 2. The lowest BCUT2D eigenvalue weighted by Gasteiger charge is -2.32. The number of fused-ring (bicyclic) bond motifs is 1. The van der Waals surface area contributed by atoms with Crippen LogP contribution in [0.3, 0.4) is 0 Å². The van der Waals surface area contributed by atoms with E-state index in [2.05, 4.69) is 40.1 Å². The summed E-state index contributed by atoms with van der Waals surface area (Å²) in [6.45, 7) is 8.13. The van der Waals surface area contributed by atoms with Gasteiger partial charge in [-0.2, -0.15) is 0 Å². The Morgan fingerprint density at radius 1 is 0.787 bits per heavy atom. The SMILES string of the molecule is O=c1c2cccc(OCCCN3CCCCC3)c2nc(C=Cc2ccc(Cl)cc2)n1CCCC1CCN(CCc2ccccc2)CC1. The van der Waals surface area contributed by atoms with E-state index in [9.17, 15) is 4.79 Å². The first-order valence-corrected chi connectivity index (χ1v) is 18.1. The van der Waals surface area contributed by atoms with Crippen molar-refractivity contribution in [2.75, 3.05) is 45.9 Å². The van der Waals surface area contributed by atoms with E-state index < -0.39 is 0 Å². The highest BCUT2D eigenvalue weighted by molar-refractivity contribution is 6.30. The van der Waals surface area contributed by atoms with E-state index in [4.69, 9.17) is 21.3 Å². The van der Waals surface area contributed by atoms with Crippen molar-refractivity contribution in [2.24, 2.45) is 5.92 Å². The molecule has 7 heteroatoms. The smallest absolute Gasteiger partial charge is 0.261 e. The van der Waals surface area contributed by atoms with Crippen molar-refractivity contribution >= 4 is 34.7 Å². The van der Waals surface area contributed by atoms with Gasteiger partial charge in [0.25, 0.3) is 5.56 Å². The molecular formula is C40H49ClN4O2. The van der Waals surface area contributed by atoms with Gasteiger partial charge in [-0.15, -0.1) is 0 Å². The van der Waals surface area contributed by atoms with Gasteiger partial charge in [0.2, 0.25) is 0 Å². The van der Waals surface area contributed by atoms with Crippen molar-refractivity contribution in [1.29, 1.82) is 0 Å². The van der Waals surface area contributed by atoms with Gasteiger partial charge in [-0.05, 0) is 125 Å². The van der Waals surface area contributed by atoms with Crippen LogP contribution in [0, 0.1) is 5.92 Å². The lowest BCUT2D eigenvalue weighted by molar-refractivity contribution is 0.178. The maximum atomic E-state index is 14.0. The molecule has 2 aliphatic rings. The Hall–Kier alpha value is -3.45. The van der Waals surface area contributed by atoms with Crippen molar-refractivity contribution in [2.45, 2.75) is 64.3 Å². The summed E-state index contributed by atoms with van der Waals surface area (Å²) in [5.74, 6) is 2.05. The minimum Gasteiger partial charge on any atom is -0.491 e. The molecule has 6 rings (SSSR count). The molecule has 6 nitrogen and oxygen atoms in total. The number of hydrogen-bond acceptors (Lipinski definition) is 5. The van der Waals surface area contributed by atoms with Crippen LogP contribution in [0.25, 0.3) is 23.1 Å². The molecule has 1 aromatic heterocycles. The third kappa shape index (κ3) is 9.56. The Kier molecular flexibility index (Phi) is 12.2. The van der Waals surface area contributed by atoms with Crippen molar-refractivity contribution in [3.63, 3.8) is 0 Å². The first-order valence-electron chi connectivity index (χ1n) is 17.7. The molecule has 0 unspecified atom stereocenters. The predicted molar refractivity (Wildman–Crippen MR) is 195 cm³/mol. The van der Waals surface area contributed by atoms with Gasteiger partial charge < -0.3 is 14.5 Å². The van der Waals surface area contributed by atoms with E-state index in [1.165, 1.54) is 50.8 Å². The highest BCUT2D eigenvalue weighted by atomic mass is 35.5. The fourth-order valence-corrected chi connectivity index (χ4v) is 7.19. The van der Waals surface area contributed by atoms with E-state index >= 15 is 0 Å². The third-order valence-corrected chi connectivity index (χ3v) is 10.1. The second-order valence-corrected chi connectivity index (χ2v) is 13.7. The number of nitrogens with zero attached hydrogens (tertiary/aromatic N) is 4. The van der Waals surface area contributed by atoms with Crippen molar-refractivity contribution in [3.8, 4) is 5.75 Å². The van der Waals surface area contributed by atoms with Gasteiger partial charge in [0.15, 0.2) is 0 Å². The van der Waals surface area contributed by atoms with Crippen LogP contribution in [-0.4, -0.2) is 65.2 Å². The molecule has 0 atom stereocenters. The van der Waals surface area contributed by atoms with E-state index in [1.807, 2.05) is 59.2 Å². The molecule has 3 heterocycles. The standard InChI is InChI=1S/C40H49ClN4O2/c41-35-18-15-34(16-19-35)17-20-38-42-39-36(13-7-14-37(39)47-31-9-26-43-24-5-2-6-25-43)40(46)45(38)27-8-12-33-22-29-44(30-23-33)28-21-32-10-3-1-4-11-32/h1,3-4,7,10-11,13-20,33H,2,5-6,8-9,12,21-31H2. The molecule has 0 bridgehead atoms. The van der Waals surface area contributed by atoms with Crippen LogP contribution in [0.1, 0.15) is 68.3 Å². The van der Waals surface area contributed by atoms with Gasteiger partial charge in [-0.1, -0.05) is 72.6 Å². The second kappa shape index (κ2) is 17.1. The largest absolute Gasteiger partial charge is 0.491 e. The quantitative estimate of drug-likeness (QED) is 0.129. The Bertz CT molecular complexity index is 1640. The van der Waals surface area contributed by atoms with Gasteiger partial charge in [0.05, 0.1) is 12.0 Å². The van der Waals surface area contributed by atoms with Crippen LogP contribution >= 0.6 is 11.6 Å². The molecule has 248 valence electrons. The number of halogens is 1. The average molecular weight is 653 g/mol. The highest BCUT2D eigenvalue weighted by Crippen LogP contribution is 2.25. The van der Waals surface area contributed by atoms with E-state index in [0.29, 0.717) is 46.6 Å². The summed E-state index contributed by atoms with van der Waals surface area (Å²) in [5.41, 5.74) is 3.07. The van der Waals surface area contributed by atoms with Gasteiger partial charge >= 0.3 is 0 Å². The Balaban J connectivity index is 1.11. The van der Waals surface area contributed by atoms with Crippen molar-refractivity contribution in [1.82, 2.24) is 19.4 Å². The number of ether oxygens (including phenoxy) is 1. The molecule has 4 aromatic rings. The van der Waals surface area contributed by atoms with Crippen LogP contribution in [-0.2, 0) is 13.0 Å². The van der Waals surface area contributed by atoms with E-state index in [-0.39, 0.29) is 5.56 Å². The van der Waals surface area contributed by atoms with Crippen LogP contribution in [0.2, 0.25) is 5.02 Å². The molecule has 2 saturated heterocycles. The minimum atomic E-state index is 0.000235. The monoisotopic (exact) mass is 652 g/mol. The molecule has 0 N–H and O–H groups in total. The lowest BCUT2D eigenvalue weighted by Crippen LogP contribution is -2.35. The summed E-state index contributed by atoms with van der Waals surface area (Å²) in [6.07, 6.45) is 14.5. The summed E-state index contributed by atoms with van der Waals surface area (Å²) >= 11 is 6.12. The number of rotatable bonds is 14. The van der Waals surface area contributed by atoms with Gasteiger partial charge in [0, 0.05) is 24.7 Å². The molecule has 2 aliphatic heterocycles. The zero-order valence-corrected chi connectivity index (χ0v) is 28.4. The maximum Gasteiger partial charge on any atom is 0.261 e. The molecule has 0 radical (unpaired) electrons. The summed E-state index contributed by atoms with van der Waals surface area (Å²) in [4.78, 5) is 24.2. The summed E-state index contributed by atoms with van der Waals surface area (Å²) in [6, 6.07) is 24.3. The topological polar surface area (TPSA) is 50.6 Å². The Morgan fingerprint density at radius 3 is 2.34 bits per heavy atom. The number of piperidine rings is 2. The molecule has 3 aromatic carbocycles. The molecule has 0 amide bonds. The number of benzene rings is 3. The third-order valence-electron chi connectivity index (χ3n) is 9.86. The van der Waals surface area contributed by atoms with Crippen molar-refractivity contribution in [3.05, 3.63) is 105 Å². The van der Waals surface area contributed by atoms with Gasteiger partial charge in [-0.3, -0.25) is 9.36 Å². The lowest BCUT2D eigenvalue weighted by atomic mass is 9.92. The Labute approximate surface area is 285 Å². The normalized spacial score (nSPS) is 16.7. The van der Waals surface area contributed by atoms with Crippen LogP contribution in [0.4, 0.5) is 0 Å². The molecule has 0 aliphatic carbocycles. The second-order valence-electron chi connectivity index (χ2n) is 13.2. The van der Waals surface area contributed by atoms with Gasteiger partial charge in [0.1, 0.15) is 17.1 Å². The van der Waals surface area contributed by atoms with Crippen molar-refractivity contribution < 1.29 is 4.74 Å². The van der Waals surface area contributed by atoms with E-state index in [1.54, 1.807) is 0 Å². The zero-order valence-electron chi connectivity index (χ0n) is 27.7. The predicted octanol–water partition coefficient (Wildman–Crippen LogP) is 8.21. The number of para-hydroxylation sites is 1. The fraction of sp³-hybridized carbons (Fsp3) is 0.450. The Morgan fingerprint density at radius 2 is 1.55 bits per heavy atom. The number of hydrogen-bond donors (Lipinski definition) is 0. The highest BCUT2D eigenvalue weighted by Gasteiger charge is 2.20. The van der Waals surface area contributed by atoms with Crippen LogP contribution < -0.4 is 10.3 Å². The fourth-order valence-electron chi connectivity index (χ4n) is 7.06. The maximum absolute atomic E-state index is 14.0. The first kappa shape index (κ1) is 33.5. The van der Waals surface area contributed by atoms with Crippen LogP contribution in [0.5, 0.6) is 5.75 Å². The molecule has 47 heavy (non-hydrogen) atoms. The van der Waals surface area contributed by atoms with Crippen LogP contribution in [0.15, 0.2) is 77.6 Å². The zero-order chi connectivity index (χ0) is 32.3. The average Bonchev–Trinajstić information content (AvgIpc) is 3.11. The molecule has 0 saturated carbocycles. The summed E-state index contributed by atoms with van der Waals surface area (Å²) < 4.78 is 8.13. The molecule has 2 fully saturated rings. The molecule has 0 spiro atoms. The summed E-state index contributed by atoms with van der Waals surface area (Å²) in [7, 11) is 0. The minimum absolute atomic E-state index is 0.000235. The molecular weight excluding hydrogens is 604 g/mol.